The maximum Gasteiger partial charge on any atom is 0.330 e. The normalized spacial score (nSPS) is 17.1. The summed E-state index contributed by atoms with van der Waals surface area (Å²) in [5, 5.41) is 13.3. The first-order valence-corrected chi connectivity index (χ1v) is 11.7. The lowest BCUT2D eigenvalue weighted by Gasteiger charge is -2.61. The number of tetrazole rings is 1. The molecule has 0 N–H and O–H groups in total. The summed E-state index contributed by atoms with van der Waals surface area (Å²) in [6, 6.07) is 4.91. The lowest BCUT2D eigenvalue weighted by Crippen LogP contribution is -2.72. The zero-order chi connectivity index (χ0) is 23.4. The monoisotopic (exact) mass is 491 g/mol. The smallest absolute Gasteiger partial charge is 0.330 e. The third kappa shape index (κ3) is 4.39. The second-order valence-electron chi connectivity index (χ2n) is 9.52. The van der Waals surface area contributed by atoms with Gasteiger partial charge in [-0.15, -0.1) is 10.2 Å². The van der Waals surface area contributed by atoms with Crippen LogP contribution in [0, 0.1) is 11.2 Å². The summed E-state index contributed by atoms with van der Waals surface area (Å²) in [4.78, 5) is 22.8. The maximum absolute atomic E-state index is 13.7. The minimum atomic E-state index is -0.567. The Kier molecular flexibility index (Phi) is 5.28. The van der Waals surface area contributed by atoms with Gasteiger partial charge in [-0.05, 0) is 38.1 Å². The fourth-order valence-electron chi connectivity index (χ4n) is 4.18. The van der Waals surface area contributed by atoms with Crippen LogP contribution in [0.3, 0.4) is 0 Å². The Balaban J connectivity index is 1.17. The van der Waals surface area contributed by atoms with Gasteiger partial charge in [-0.1, -0.05) is 29.0 Å². The molecular formula is C21H23ClFN7O2S. The Morgan fingerprint density at radius 1 is 1.24 bits per heavy atom. The lowest BCUT2D eigenvalue weighted by molar-refractivity contribution is -0.156. The van der Waals surface area contributed by atoms with Crippen LogP contribution in [0.4, 0.5) is 15.2 Å². The van der Waals surface area contributed by atoms with E-state index in [4.69, 9.17) is 16.3 Å². The quantitative estimate of drug-likeness (QED) is 0.502. The third-order valence-corrected chi connectivity index (χ3v) is 6.93. The predicted molar refractivity (Wildman–Crippen MR) is 123 cm³/mol. The average Bonchev–Trinajstić information content (AvgIpc) is 3.30. The molecule has 174 valence electrons. The molecule has 0 aliphatic carbocycles. The van der Waals surface area contributed by atoms with Crippen LogP contribution in [0.25, 0.3) is 10.7 Å². The van der Waals surface area contributed by atoms with Crippen molar-refractivity contribution in [3.05, 3.63) is 35.2 Å². The Hall–Kier alpha value is -2.79. The van der Waals surface area contributed by atoms with Crippen molar-refractivity contribution < 1.29 is 13.9 Å². The van der Waals surface area contributed by atoms with E-state index in [1.165, 1.54) is 22.2 Å². The zero-order valence-corrected chi connectivity index (χ0v) is 20.0. The summed E-state index contributed by atoms with van der Waals surface area (Å²) in [7, 11) is 0. The van der Waals surface area contributed by atoms with E-state index in [0.29, 0.717) is 5.82 Å². The third-order valence-electron chi connectivity index (χ3n) is 5.50. The number of halogens is 2. The highest BCUT2D eigenvalue weighted by atomic mass is 35.5. The summed E-state index contributed by atoms with van der Waals surface area (Å²) in [6.07, 6.45) is 1.72. The Bertz CT molecular complexity index is 1190. The Morgan fingerprint density at radius 3 is 2.70 bits per heavy atom. The van der Waals surface area contributed by atoms with Gasteiger partial charge >= 0.3 is 5.97 Å². The van der Waals surface area contributed by atoms with Crippen molar-refractivity contribution in [2.75, 3.05) is 36.0 Å². The summed E-state index contributed by atoms with van der Waals surface area (Å²) >= 11 is 7.60. The highest BCUT2D eigenvalue weighted by molar-refractivity contribution is 7.18. The number of nitrogens with zero attached hydrogens (tertiary/aromatic N) is 7. The van der Waals surface area contributed by atoms with Gasteiger partial charge in [0.05, 0.1) is 21.8 Å². The van der Waals surface area contributed by atoms with Crippen molar-refractivity contribution in [3.63, 3.8) is 0 Å². The molecular weight excluding hydrogens is 469 g/mol. The predicted octanol–water partition coefficient (Wildman–Crippen LogP) is 3.26. The molecule has 9 nitrogen and oxygen atoms in total. The van der Waals surface area contributed by atoms with Crippen LogP contribution in [0.2, 0.25) is 5.02 Å². The minimum Gasteiger partial charge on any atom is -0.459 e. The van der Waals surface area contributed by atoms with Crippen molar-refractivity contribution in [1.82, 2.24) is 25.2 Å². The molecule has 5 rings (SSSR count). The van der Waals surface area contributed by atoms with Crippen LogP contribution in [-0.2, 0) is 16.1 Å². The van der Waals surface area contributed by atoms with Crippen molar-refractivity contribution in [2.24, 2.45) is 5.41 Å². The molecule has 2 aromatic heterocycles. The number of hydrogen-bond acceptors (Lipinski definition) is 9. The number of benzene rings is 1. The number of rotatable bonds is 5. The fourth-order valence-corrected chi connectivity index (χ4v) is 5.27. The number of hydrogen-bond donors (Lipinski definition) is 0. The number of aromatic nitrogens is 5. The molecule has 12 heteroatoms. The molecule has 33 heavy (non-hydrogen) atoms. The standard InChI is InChI=1S/C21H23ClFN7O2S/c1-20(2,3)32-16(31)8-30-26-18(25-27-30)15-7-24-19(33-15)29-11-21(12-29)9-28(10-21)14-6-4-5-13(23)17(14)22/h4-7H,8-12H2,1-3H3. The van der Waals surface area contributed by atoms with Gasteiger partial charge in [0.25, 0.3) is 0 Å². The number of thiazole rings is 1. The van der Waals surface area contributed by atoms with Gasteiger partial charge in [-0.25, -0.2) is 14.2 Å². The lowest BCUT2D eigenvalue weighted by atomic mass is 9.73. The highest BCUT2D eigenvalue weighted by Crippen LogP contribution is 2.46. The van der Waals surface area contributed by atoms with Gasteiger partial charge in [0, 0.05) is 31.6 Å². The van der Waals surface area contributed by atoms with E-state index in [0.717, 1.165) is 41.9 Å². The van der Waals surface area contributed by atoms with Crippen LogP contribution in [-0.4, -0.2) is 62.9 Å². The highest BCUT2D eigenvalue weighted by Gasteiger charge is 2.52. The van der Waals surface area contributed by atoms with Gasteiger partial charge in [-0.3, -0.25) is 0 Å². The van der Waals surface area contributed by atoms with E-state index in [9.17, 15) is 9.18 Å². The molecule has 0 atom stereocenters. The Labute approximate surface area is 199 Å². The molecule has 2 aliphatic rings. The largest absolute Gasteiger partial charge is 0.459 e. The molecule has 1 aromatic carbocycles. The SMILES string of the molecule is CC(C)(C)OC(=O)Cn1nnc(-c2cnc(N3CC4(C3)CN(c3cccc(F)c3Cl)C4)s2)n1. The second-order valence-corrected chi connectivity index (χ2v) is 10.9. The van der Waals surface area contributed by atoms with E-state index in [2.05, 4.69) is 30.2 Å². The topological polar surface area (TPSA) is 89.3 Å². The number of carbonyl (C=O) groups is 1. The molecule has 0 radical (unpaired) electrons. The summed E-state index contributed by atoms with van der Waals surface area (Å²) in [6.45, 7) is 8.75. The van der Waals surface area contributed by atoms with Crippen molar-refractivity contribution in [3.8, 4) is 10.7 Å². The first kappa shape index (κ1) is 22.0. The van der Waals surface area contributed by atoms with E-state index in [-0.39, 0.29) is 17.0 Å². The minimum absolute atomic E-state index is 0.101. The fraction of sp³-hybridized carbons (Fsp3) is 0.476. The summed E-state index contributed by atoms with van der Waals surface area (Å²) < 4.78 is 19.0. The summed E-state index contributed by atoms with van der Waals surface area (Å²) in [5.41, 5.74) is 0.358. The summed E-state index contributed by atoms with van der Waals surface area (Å²) in [5.74, 6) is -0.387. The molecule has 4 heterocycles. The van der Waals surface area contributed by atoms with Crippen LogP contribution < -0.4 is 9.80 Å². The molecule has 2 aliphatic heterocycles. The van der Waals surface area contributed by atoms with Gasteiger partial charge in [0.1, 0.15) is 11.4 Å². The van der Waals surface area contributed by atoms with Crippen molar-refractivity contribution in [1.29, 1.82) is 0 Å². The Morgan fingerprint density at radius 2 is 1.97 bits per heavy atom. The molecule has 0 saturated carbocycles. The molecule has 0 bridgehead atoms. The number of anilines is 2. The first-order chi connectivity index (χ1) is 15.6. The number of esters is 1. The van der Waals surface area contributed by atoms with Crippen molar-refractivity contribution >= 4 is 39.7 Å². The number of carbonyl (C=O) groups excluding carboxylic acids is 1. The van der Waals surface area contributed by atoms with Gasteiger partial charge in [-0.2, -0.15) is 4.80 Å². The van der Waals surface area contributed by atoms with Crippen LogP contribution in [0.15, 0.2) is 24.4 Å². The molecule has 0 unspecified atom stereocenters. The maximum atomic E-state index is 13.7. The molecule has 1 spiro atoms. The molecule has 2 saturated heterocycles. The van der Waals surface area contributed by atoms with E-state index in [1.54, 1.807) is 12.3 Å². The molecule has 3 aromatic rings. The van der Waals surface area contributed by atoms with E-state index < -0.39 is 17.4 Å². The van der Waals surface area contributed by atoms with Crippen molar-refractivity contribution in [2.45, 2.75) is 32.9 Å². The van der Waals surface area contributed by atoms with Crippen LogP contribution in [0.5, 0.6) is 0 Å². The van der Waals surface area contributed by atoms with Crippen LogP contribution >= 0.6 is 22.9 Å². The van der Waals surface area contributed by atoms with Gasteiger partial charge < -0.3 is 14.5 Å². The van der Waals surface area contributed by atoms with E-state index in [1.807, 2.05) is 26.8 Å². The molecule has 2 fully saturated rings. The number of ether oxygens (including phenoxy) is 1. The second kappa shape index (κ2) is 7.91. The zero-order valence-electron chi connectivity index (χ0n) is 18.5. The molecule has 0 amide bonds. The van der Waals surface area contributed by atoms with E-state index >= 15 is 0 Å². The first-order valence-electron chi connectivity index (χ1n) is 10.5. The van der Waals surface area contributed by atoms with Gasteiger partial charge in [0.15, 0.2) is 11.7 Å². The average molecular weight is 492 g/mol. The van der Waals surface area contributed by atoms with Gasteiger partial charge in [0.2, 0.25) is 5.82 Å². The van der Waals surface area contributed by atoms with Crippen LogP contribution in [0.1, 0.15) is 20.8 Å².